The largest absolute Gasteiger partial charge is 0.335 e. The molecular formula is C9H15NO. The number of rotatable bonds is 3. The van der Waals surface area contributed by atoms with Crippen molar-refractivity contribution in [1.82, 2.24) is 4.90 Å². The first-order chi connectivity index (χ1) is 5.07. The zero-order valence-electron chi connectivity index (χ0n) is 7.42. The molecule has 0 aliphatic carbocycles. The van der Waals surface area contributed by atoms with Crippen molar-refractivity contribution in [2.75, 3.05) is 13.6 Å². The van der Waals surface area contributed by atoms with Crippen molar-refractivity contribution in [2.24, 2.45) is 5.92 Å². The molecule has 0 rings (SSSR count). The van der Waals surface area contributed by atoms with E-state index in [0.29, 0.717) is 5.92 Å². The Bertz CT molecular complexity index is 167. The van der Waals surface area contributed by atoms with Crippen LogP contribution in [0, 0.1) is 18.3 Å². The third-order valence-corrected chi connectivity index (χ3v) is 1.51. The Hall–Kier alpha value is -0.970. The van der Waals surface area contributed by atoms with Crippen molar-refractivity contribution in [2.45, 2.75) is 20.3 Å². The van der Waals surface area contributed by atoms with E-state index in [9.17, 15) is 4.79 Å². The minimum absolute atomic E-state index is 0.231. The monoisotopic (exact) mass is 153 g/mol. The zero-order chi connectivity index (χ0) is 8.85. The van der Waals surface area contributed by atoms with Gasteiger partial charge in [-0.25, -0.2) is 0 Å². The molecule has 2 heteroatoms. The Morgan fingerprint density at radius 3 is 2.55 bits per heavy atom. The van der Waals surface area contributed by atoms with Crippen LogP contribution in [-0.2, 0) is 4.79 Å². The summed E-state index contributed by atoms with van der Waals surface area (Å²) in [7, 11) is 1.73. The summed E-state index contributed by atoms with van der Waals surface area (Å²) >= 11 is 0. The van der Waals surface area contributed by atoms with Crippen molar-refractivity contribution < 1.29 is 4.79 Å². The maximum Gasteiger partial charge on any atom is 0.297 e. The van der Waals surface area contributed by atoms with Gasteiger partial charge in [0.2, 0.25) is 0 Å². The van der Waals surface area contributed by atoms with Crippen LogP contribution >= 0.6 is 0 Å². The van der Waals surface area contributed by atoms with Crippen LogP contribution in [0.1, 0.15) is 20.3 Å². The first kappa shape index (κ1) is 10.0. The van der Waals surface area contributed by atoms with Crippen molar-refractivity contribution in [3.8, 4) is 12.3 Å². The highest BCUT2D eigenvalue weighted by atomic mass is 16.2. The van der Waals surface area contributed by atoms with E-state index in [1.165, 1.54) is 0 Å². The Balaban J connectivity index is 3.63. The van der Waals surface area contributed by atoms with Crippen LogP contribution in [-0.4, -0.2) is 24.4 Å². The summed E-state index contributed by atoms with van der Waals surface area (Å²) in [6.45, 7) is 4.99. The third kappa shape index (κ3) is 4.44. The molecule has 0 N–H and O–H groups in total. The van der Waals surface area contributed by atoms with Gasteiger partial charge in [0.1, 0.15) is 0 Å². The van der Waals surface area contributed by atoms with Crippen LogP contribution in [0.3, 0.4) is 0 Å². The topological polar surface area (TPSA) is 20.3 Å². The SMILES string of the molecule is C#CC(=O)N(C)CCC(C)C. The summed E-state index contributed by atoms with van der Waals surface area (Å²) in [4.78, 5) is 12.4. The fourth-order valence-electron chi connectivity index (χ4n) is 0.664. The van der Waals surface area contributed by atoms with E-state index >= 15 is 0 Å². The van der Waals surface area contributed by atoms with Gasteiger partial charge in [-0.05, 0) is 18.3 Å². The van der Waals surface area contributed by atoms with Crippen LogP contribution < -0.4 is 0 Å². The standard InChI is InChI=1S/C9H15NO/c1-5-9(11)10(4)7-6-8(2)3/h1,8H,6-7H2,2-4H3. The number of hydrogen-bond acceptors (Lipinski definition) is 1. The predicted octanol–water partition coefficient (Wildman–Crippen LogP) is 1.12. The van der Waals surface area contributed by atoms with Gasteiger partial charge in [0.15, 0.2) is 0 Å². The van der Waals surface area contributed by atoms with E-state index in [-0.39, 0.29) is 5.91 Å². The lowest BCUT2D eigenvalue weighted by Crippen LogP contribution is -2.26. The summed E-state index contributed by atoms with van der Waals surface area (Å²) in [6, 6.07) is 0. The summed E-state index contributed by atoms with van der Waals surface area (Å²) in [5.74, 6) is 2.46. The lowest BCUT2D eigenvalue weighted by Gasteiger charge is -2.14. The average molecular weight is 153 g/mol. The van der Waals surface area contributed by atoms with Crippen LogP contribution in [0.5, 0.6) is 0 Å². The second-order valence-electron chi connectivity index (χ2n) is 3.05. The lowest BCUT2D eigenvalue weighted by molar-refractivity contribution is -0.124. The van der Waals surface area contributed by atoms with Gasteiger partial charge < -0.3 is 4.90 Å². The molecule has 0 aliphatic rings. The summed E-state index contributed by atoms with van der Waals surface area (Å²) in [6.07, 6.45) is 5.94. The summed E-state index contributed by atoms with van der Waals surface area (Å²) in [5, 5.41) is 0. The lowest BCUT2D eigenvalue weighted by atomic mass is 10.1. The van der Waals surface area contributed by atoms with Crippen LogP contribution in [0.15, 0.2) is 0 Å². The van der Waals surface area contributed by atoms with E-state index in [1.807, 2.05) is 0 Å². The van der Waals surface area contributed by atoms with Crippen molar-refractivity contribution in [3.63, 3.8) is 0 Å². The fraction of sp³-hybridized carbons (Fsp3) is 0.667. The number of carbonyl (C=O) groups is 1. The maximum atomic E-state index is 10.8. The molecule has 0 spiro atoms. The van der Waals surface area contributed by atoms with E-state index in [1.54, 1.807) is 11.9 Å². The highest BCUT2D eigenvalue weighted by Gasteiger charge is 2.04. The molecule has 0 unspecified atom stereocenters. The molecule has 62 valence electrons. The number of hydrogen-bond donors (Lipinski definition) is 0. The van der Waals surface area contributed by atoms with Crippen LogP contribution in [0.25, 0.3) is 0 Å². The Morgan fingerprint density at radius 1 is 1.64 bits per heavy atom. The van der Waals surface area contributed by atoms with Gasteiger partial charge in [0, 0.05) is 13.6 Å². The molecule has 0 saturated carbocycles. The van der Waals surface area contributed by atoms with Gasteiger partial charge in [-0.1, -0.05) is 13.8 Å². The summed E-state index contributed by atoms with van der Waals surface area (Å²) in [5.41, 5.74) is 0. The van der Waals surface area contributed by atoms with Crippen molar-refractivity contribution in [1.29, 1.82) is 0 Å². The molecule has 11 heavy (non-hydrogen) atoms. The smallest absolute Gasteiger partial charge is 0.297 e. The van der Waals surface area contributed by atoms with Gasteiger partial charge in [-0.3, -0.25) is 4.79 Å². The molecule has 0 aromatic carbocycles. The molecule has 0 aromatic heterocycles. The van der Waals surface area contributed by atoms with Crippen molar-refractivity contribution >= 4 is 5.91 Å². The molecule has 0 fully saturated rings. The average Bonchev–Trinajstić information content (AvgIpc) is 1.98. The second-order valence-corrected chi connectivity index (χ2v) is 3.05. The highest BCUT2D eigenvalue weighted by Crippen LogP contribution is 2.00. The number of carbonyl (C=O) groups excluding carboxylic acids is 1. The van der Waals surface area contributed by atoms with Gasteiger partial charge in [-0.2, -0.15) is 0 Å². The van der Waals surface area contributed by atoms with E-state index in [2.05, 4.69) is 19.8 Å². The first-order valence-corrected chi connectivity index (χ1v) is 3.79. The maximum absolute atomic E-state index is 10.8. The van der Waals surface area contributed by atoms with Crippen LogP contribution in [0.2, 0.25) is 0 Å². The van der Waals surface area contributed by atoms with Gasteiger partial charge >= 0.3 is 0 Å². The normalized spacial score (nSPS) is 9.36. The quantitative estimate of drug-likeness (QED) is 0.556. The fourth-order valence-corrected chi connectivity index (χ4v) is 0.664. The molecule has 0 radical (unpaired) electrons. The zero-order valence-corrected chi connectivity index (χ0v) is 7.42. The van der Waals surface area contributed by atoms with Crippen molar-refractivity contribution in [3.05, 3.63) is 0 Å². The van der Waals surface area contributed by atoms with Gasteiger partial charge in [-0.15, -0.1) is 6.42 Å². The first-order valence-electron chi connectivity index (χ1n) is 3.79. The molecule has 0 aliphatic heterocycles. The molecular weight excluding hydrogens is 138 g/mol. The van der Waals surface area contributed by atoms with E-state index in [4.69, 9.17) is 6.42 Å². The highest BCUT2D eigenvalue weighted by molar-refractivity contribution is 5.92. The predicted molar refractivity (Wildman–Crippen MR) is 45.9 cm³/mol. The minimum atomic E-state index is -0.231. The number of terminal acetylenes is 1. The Labute approximate surface area is 68.6 Å². The number of amides is 1. The molecule has 2 nitrogen and oxygen atoms in total. The summed E-state index contributed by atoms with van der Waals surface area (Å²) < 4.78 is 0. The second kappa shape index (κ2) is 4.79. The molecule has 1 amide bonds. The molecule has 0 atom stereocenters. The molecule has 0 bridgehead atoms. The Morgan fingerprint density at radius 2 is 2.18 bits per heavy atom. The third-order valence-electron chi connectivity index (χ3n) is 1.51. The van der Waals surface area contributed by atoms with Gasteiger partial charge in [0.25, 0.3) is 5.91 Å². The van der Waals surface area contributed by atoms with Crippen LogP contribution in [0.4, 0.5) is 0 Å². The van der Waals surface area contributed by atoms with E-state index in [0.717, 1.165) is 13.0 Å². The number of nitrogens with zero attached hydrogens (tertiary/aromatic N) is 1. The van der Waals surface area contributed by atoms with Gasteiger partial charge in [0.05, 0.1) is 0 Å². The molecule has 0 aromatic rings. The molecule has 0 saturated heterocycles. The minimum Gasteiger partial charge on any atom is -0.335 e. The Kier molecular flexibility index (Phi) is 4.36. The van der Waals surface area contributed by atoms with E-state index < -0.39 is 0 Å². The molecule has 0 heterocycles.